The molecule has 13 rings (SSSR count). The highest BCUT2D eigenvalue weighted by molar-refractivity contribution is 6.14. The van der Waals surface area contributed by atoms with Crippen LogP contribution in [0.25, 0.3) is 133 Å². The molecule has 0 saturated heterocycles. The molecule has 9 nitrogen and oxygen atoms in total. The Kier molecular flexibility index (Phi) is 8.32. The van der Waals surface area contributed by atoms with Crippen LogP contribution < -0.4 is 0 Å². The molecule has 0 aliphatic carbocycles. The van der Waals surface area contributed by atoms with Crippen LogP contribution in [0.5, 0.6) is 0 Å². The van der Waals surface area contributed by atoms with Crippen LogP contribution in [0.3, 0.4) is 0 Å². The number of furan rings is 1. The first-order valence-corrected chi connectivity index (χ1v) is 21.3. The number of hydrogen-bond acceptors (Lipinski definition) is 9. The quantitative estimate of drug-likeness (QED) is 0.151. The fourth-order valence-electron chi connectivity index (χ4n) is 9.13. The molecule has 0 bridgehead atoms. The van der Waals surface area contributed by atoms with E-state index in [4.69, 9.17) is 39.3 Å². The summed E-state index contributed by atoms with van der Waals surface area (Å²) in [5.74, 6) is 1.58. The standard InChI is InChI=1S/C56H32N8O/c1-2-14-48-42(11-1)45-29-37(19-20-49(45)65-48)55-62-54(34-17-15-33(16-18-34)38-10-3-21-57-32-38)63-56(64-55)41-27-39(50-43-12-6-22-58-46(43)30-35-8-4-24-60-52(35)50)26-40(28-41)51-44-13-7-23-59-47(44)31-36-9-5-25-61-53(36)51/h1-32H. The molecular formula is C56H32N8O. The van der Waals surface area contributed by atoms with E-state index in [1.165, 1.54) is 0 Å². The largest absolute Gasteiger partial charge is 0.456 e. The fourth-order valence-corrected chi connectivity index (χ4v) is 9.13. The summed E-state index contributed by atoms with van der Waals surface area (Å²) >= 11 is 0. The number of aromatic nitrogens is 8. The Balaban J connectivity index is 1.10. The summed E-state index contributed by atoms with van der Waals surface area (Å²) in [6.45, 7) is 0. The smallest absolute Gasteiger partial charge is 0.164 e. The van der Waals surface area contributed by atoms with Crippen LogP contribution in [0.1, 0.15) is 0 Å². The molecule has 0 spiro atoms. The number of fused-ring (bicyclic) bond motifs is 7. The number of pyridine rings is 5. The van der Waals surface area contributed by atoms with Crippen LogP contribution in [0.15, 0.2) is 199 Å². The van der Waals surface area contributed by atoms with Crippen LogP contribution in [-0.4, -0.2) is 39.9 Å². The van der Waals surface area contributed by atoms with Crippen LogP contribution in [0, 0.1) is 0 Å². The molecule has 9 heteroatoms. The molecule has 0 fully saturated rings. The van der Waals surface area contributed by atoms with Gasteiger partial charge in [0.1, 0.15) is 11.2 Å². The van der Waals surface area contributed by atoms with Crippen LogP contribution in [0.4, 0.5) is 0 Å². The molecule has 0 unspecified atom stereocenters. The first-order chi connectivity index (χ1) is 32.2. The lowest BCUT2D eigenvalue weighted by Crippen LogP contribution is -2.01. The van der Waals surface area contributed by atoms with Gasteiger partial charge in [-0.3, -0.25) is 24.9 Å². The predicted molar refractivity (Wildman–Crippen MR) is 259 cm³/mol. The maximum atomic E-state index is 6.23. The van der Waals surface area contributed by atoms with Crippen molar-refractivity contribution in [3.8, 4) is 67.5 Å². The number of nitrogens with zero attached hydrogens (tertiary/aromatic N) is 8. The SMILES string of the molecule is c1cncc(-c2ccc(-c3nc(-c4cc(-c5c6cccnc6cc6cccnc56)cc(-c5c6cccnc6cc6cccnc56)c4)nc(-c4ccc5oc6ccccc6c5c4)n3)cc2)c1. The molecule has 13 aromatic rings. The number of benzene rings is 6. The minimum Gasteiger partial charge on any atom is -0.456 e. The summed E-state index contributed by atoms with van der Waals surface area (Å²) < 4.78 is 6.23. The summed E-state index contributed by atoms with van der Waals surface area (Å²) in [4.78, 5) is 39.8. The molecule has 0 amide bonds. The Labute approximate surface area is 370 Å². The van der Waals surface area contributed by atoms with E-state index < -0.39 is 0 Å². The minimum atomic E-state index is 0.507. The van der Waals surface area contributed by atoms with Crippen molar-refractivity contribution < 1.29 is 4.42 Å². The third kappa shape index (κ3) is 6.25. The lowest BCUT2D eigenvalue weighted by molar-refractivity contribution is 0.669. The van der Waals surface area contributed by atoms with Gasteiger partial charge in [0.05, 0.1) is 22.1 Å². The maximum Gasteiger partial charge on any atom is 0.164 e. The summed E-state index contributed by atoms with van der Waals surface area (Å²) in [7, 11) is 0. The van der Waals surface area contributed by atoms with Gasteiger partial charge >= 0.3 is 0 Å². The van der Waals surface area contributed by atoms with Gasteiger partial charge < -0.3 is 4.42 Å². The molecule has 0 atom stereocenters. The number of rotatable bonds is 6. The van der Waals surface area contributed by atoms with E-state index in [1.54, 1.807) is 6.20 Å². The zero-order valence-electron chi connectivity index (χ0n) is 34.5. The molecule has 0 aliphatic rings. The topological polar surface area (TPSA) is 116 Å². The summed E-state index contributed by atoms with van der Waals surface area (Å²) in [5.41, 5.74) is 13.4. The lowest BCUT2D eigenvalue weighted by atomic mass is 9.90. The van der Waals surface area contributed by atoms with Gasteiger partial charge in [-0.2, -0.15) is 0 Å². The van der Waals surface area contributed by atoms with E-state index in [1.807, 2.05) is 91.6 Å². The average Bonchev–Trinajstić information content (AvgIpc) is 3.75. The van der Waals surface area contributed by atoms with Crippen molar-refractivity contribution in [2.45, 2.75) is 0 Å². The maximum absolute atomic E-state index is 6.23. The zero-order chi connectivity index (χ0) is 42.8. The second-order valence-corrected chi connectivity index (χ2v) is 16.0. The first-order valence-electron chi connectivity index (χ1n) is 21.3. The Morgan fingerprint density at radius 3 is 1.51 bits per heavy atom. The van der Waals surface area contributed by atoms with E-state index in [-0.39, 0.29) is 0 Å². The van der Waals surface area contributed by atoms with Crippen molar-refractivity contribution in [1.82, 2.24) is 39.9 Å². The molecule has 0 radical (unpaired) electrons. The third-order valence-electron chi connectivity index (χ3n) is 12.1. The van der Waals surface area contributed by atoms with Crippen LogP contribution in [0.2, 0.25) is 0 Å². The third-order valence-corrected chi connectivity index (χ3v) is 12.1. The lowest BCUT2D eigenvalue weighted by Gasteiger charge is -2.16. The highest BCUT2D eigenvalue weighted by Gasteiger charge is 2.21. The Bertz CT molecular complexity index is 3770. The van der Waals surface area contributed by atoms with Gasteiger partial charge in [0.25, 0.3) is 0 Å². The highest BCUT2D eigenvalue weighted by atomic mass is 16.3. The Morgan fingerprint density at radius 2 is 0.846 bits per heavy atom. The van der Waals surface area contributed by atoms with Crippen molar-refractivity contribution in [1.29, 1.82) is 0 Å². The van der Waals surface area contributed by atoms with E-state index in [2.05, 4.69) is 102 Å². The second-order valence-electron chi connectivity index (χ2n) is 16.0. The van der Waals surface area contributed by atoms with Gasteiger partial charge in [-0.25, -0.2) is 15.0 Å². The summed E-state index contributed by atoms with van der Waals surface area (Å²) in [5, 5.41) is 5.96. The molecule has 0 saturated carbocycles. The Morgan fingerprint density at radius 1 is 0.323 bits per heavy atom. The number of para-hydroxylation sites is 1. The Hall–Kier alpha value is -9.08. The van der Waals surface area contributed by atoms with Gasteiger partial charge in [0.2, 0.25) is 0 Å². The number of hydrogen-bond donors (Lipinski definition) is 0. The molecule has 6 aromatic carbocycles. The molecule has 7 heterocycles. The van der Waals surface area contributed by atoms with E-state index in [0.717, 1.165) is 116 Å². The van der Waals surface area contributed by atoms with Crippen molar-refractivity contribution in [3.05, 3.63) is 195 Å². The molecule has 7 aromatic heterocycles. The molecule has 0 N–H and O–H groups in total. The van der Waals surface area contributed by atoms with E-state index in [9.17, 15) is 0 Å². The normalized spacial score (nSPS) is 11.7. The van der Waals surface area contributed by atoms with Crippen molar-refractivity contribution in [3.63, 3.8) is 0 Å². The average molecular weight is 833 g/mol. The molecule has 65 heavy (non-hydrogen) atoms. The van der Waals surface area contributed by atoms with Gasteiger partial charge in [-0.05, 0) is 107 Å². The van der Waals surface area contributed by atoms with E-state index >= 15 is 0 Å². The second kappa shape index (κ2) is 14.8. The predicted octanol–water partition coefficient (Wildman–Crippen LogP) is 13.4. The van der Waals surface area contributed by atoms with Crippen molar-refractivity contribution in [2.24, 2.45) is 0 Å². The van der Waals surface area contributed by atoms with E-state index in [0.29, 0.717) is 17.5 Å². The van der Waals surface area contributed by atoms with Gasteiger partial charge in [0.15, 0.2) is 17.5 Å². The van der Waals surface area contributed by atoms with Crippen molar-refractivity contribution >= 4 is 65.6 Å². The highest BCUT2D eigenvalue weighted by Crippen LogP contribution is 2.42. The van der Waals surface area contributed by atoms with Gasteiger partial charge in [-0.15, -0.1) is 0 Å². The zero-order valence-corrected chi connectivity index (χ0v) is 34.5. The fraction of sp³-hybridized carbons (Fsp3) is 0. The summed E-state index contributed by atoms with van der Waals surface area (Å²) in [6, 6.07) is 53.5. The summed E-state index contributed by atoms with van der Waals surface area (Å²) in [6.07, 6.45) is 11.0. The van der Waals surface area contributed by atoms with Crippen molar-refractivity contribution in [2.75, 3.05) is 0 Å². The van der Waals surface area contributed by atoms with Gasteiger partial charge in [-0.1, -0.05) is 72.8 Å². The molecule has 302 valence electrons. The molecule has 0 aliphatic heterocycles. The van der Waals surface area contributed by atoms with Crippen LogP contribution in [-0.2, 0) is 0 Å². The minimum absolute atomic E-state index is 0.507. The van der Waals surface area contributed by atoms with Crippen LogP contribution >= 0.6 is 0 Å². The first kappa shape index (κ1) is 36.6. The molecular weight excluding hydrogens is 801 g/mol. The monoisotopic (exact) mass is 832 g/mol. The van der Waals surface area contributed by atoms with Gasteiger partial charge in [0, 0.05) is 97.3 Å².